The maximum absolute atomic E-state index is 12.2. The smallest absolute Gasteiger partial charge is 0.314 e. The lowest BCUT2D eigenvalue weighted by molar-refractivity contribution is -0.147. The molecule has 0 amide bonds. The second-order valence-electron chi connectivity index (χ2n) is 4.15. The van der Waals surface area contributed by atoms with Crippen molar-refractivity contribution in [3.8, 4) is 0 Å². The van der Waals surface area contributed by atoms with E-state index >= 15 is 0 Å². The predicted octanol–water partition coefficient (Wildman–Crippen LogP) is 3.51. The van der Waals surface area contributed by atoms with Crippen molar-refractivity contribution < 1.29 is 18.7 Å². The number of thioether (sulfide) groups is 1. The number of carboxylic acid groups (broad SMARTS) is 1. The minimum absolute atomic E-state index is 0.421. The van der Waals surface area contributed by atoms with E-state index in [1.165, 1.54) is 0 Å². The highest BCUT2D eigenvalue weighted by molar-refractivity contribution is 7.99. The van der Waals surface area contributed by atoms with Crippen molar-refractivity contribution in [1.82, 2.24) is 0 Å². The van der Waals surface area contributed by atoms with Gasteiger partial charge in [0.1, 0.15) is 0 Å². The van der Waals surface area contributed by atoms with Gasteiger partial charge in [0.25, 0.3) is 5.76 Å². The number of hydrogen-bond donors (Lipinski definition) is 1. The van der Waals surface area contributed by atoms with E-state index in [0.29, 0.717) is 35.1 Å². The van der Waals surface area contributed by atoms with Gasteiger partial charge in [0, 0.05) is 4.90 Å². The molecule has 1 aromatic rings. The quantitative estimate of drug-likeness (QED) is 0.840. The first kappa shape index (κ1) is 12.4. The first-order valence-electron chi connectivity index (χ1n) is 5.33. The van der Waals surface area contributed by atoms with Gasteiger partial charge in [0.15, 0.2) is 0 Å². The number of benzene rings is 1. The topological polar surface area (TPSA) is 37.3 Å². The van der Waals surface area contributed by atoms with Gasteiger partial charge >= 0.3 is 5.97 Å². The molecule has 1 aromatic carbocycles. The Kier molecular flexibility index (Phi) is 3.38. The van der Waals surface area contributed by atoms with Crippen LogP contribution in [0, 0.1) is 0 Å². The molecule has 5 heteroatoms. The van der Waals surface area contributed by atoms with Crippen LogP contribution < -0.4 is 0 Å². The Balaban J connectivity index is 2.29. The zero-order valence-electron chi connectivity index (χ0n) is 9.03. The minimum Gasteiger partial charge on any atom is -0.481 e. The van der Waals surface area contributed by atoms with E-state index in [-0.39, 0.29) is 0 Å². The van der Waals surface area contributed by atoms with Crippen LogP contribution in [0.1, 0.15) is 24.8 Å². The maximum atomic E-state index is 12.2. The molecular weight excluding hydrogens is 246 g/mol. The molecule has 0 saturated heterocycles. The van der Waals surface area contributed by atoms with Crippen LogP contribution in [0.5, 0.6) is 0 Å². The van der Waals surface area contributed by atoms with Crippen molar-refractivity contribution in [2.45, 2.75) is 35.3 Å². The van der Waals surface area contributed by atoms with Gasteiger partial charge < -0.3 is 5.11 Å². The SMILES string of the molecule is O=C(O)C1(c2cccc(SC(F)F)c2)CCC1. The third-order valence-electron chi connectivity index (χ3n) is 3.23. The minimum atomic E-state index is -2.48. The third kappa shape index (κ3) is 2.29. The summed E-state index contributed by atoms with van der Waals surface area (Å²) in [6, 6.07) is 6.50. The molecule has 2 rings (SSSR count). The molecule has 0 spiro atoms. The number of halogens is 2. The molecule has 0 aliphatic heterocycles. The highest BCUT2D eigenvalue weighted by Gasteiger charge is 2.45. The average Bonchev–Trinajstić information content (AvgIpc) is 2.14. The third-order valence-corrected chi connectivity index (χ3v) is 3.93. The van der Waals surface area contributed by atoms with E-state index in [9.17, 15) is 18.7 Å². The number of aliphatic carboxylic acids is 1. The lowest BCUT2D eigenvalue weighted by Crippen LogP contribution is -2.42. The first-order chi connectivity index (χ1) is 8.04. The lowest BCUT2D eigenvalue weighted by Gasteiger charge is -2.38. The second-order valence-corrected chi connectivity index (χ2v) is 5.21. The predicted molar refractivity (Wildman–Crippen MR) is 61.5 cm³/mol. The summed E-state index contributed by atoms with van der Waals surface area (Å²) in [5.41, 5.74) is -0.208. The Bertz CT molecular complexity index is 430. The zero-order chi connectivity index (χ0) is 12.5. The Hall–Kier alpha value is -1.10. The van der Waals surface area contributed by atoms with E-state index in [4.69, 9.17) is 0 Å². The van der Waals surface area contributed by atoms with E-state index in [1.54, 1.807) is 24.3 Å². The van der Waals surface area contributed by atoms with Crippen LogP contribution in [0.15, 0.2) is 29.2 Å². The Morgan fingerprint density at radius 1 is 1.41 bits per heavy atom. The molecule has 1 fully saturated rings. The molecule has 0 radical (unpaired) electrons. The van der Waals surface area contributed by atoms with Crippen molar-refractivity contribution in [2.24, 2.45) is 0 Å². The number of hydrogen-bond acceptors (Lipinski definition) is 2. The van der Waals surface area contributed by atoms with Crippen LogP contribution in [0.2, 0.25) is 0 Å². The van der Waals surface area contributed by atoms with Gasteiger partial charge in [-0.1, -0.05) is 30.3 Å². The summed E-state index contributed by atoms with van der Waals surface area (Å²) in [6.07, 6.45) is 2.05. The van der Waals surface area contributed by atoms with Crippen LogP contribution in [0.3, 0.4) is 0 Å². The summed E-state index contributed by atoms with van der Waals surface area (Å²) in [5, 5.41) is 9.26. The lowest BCUT2D eigenvalue weighted by atomic mass is 9.64. The summed E-state index contributed by atoms with van der Waals surface area (Å²) >= 11 is 0.449. The molecule has 17 heavy (non-hydrogen) atoms. The molecule has 1 aliphatic rings. The standard InChI is InChI=1S/C12H12F2O2S/c13-11(14)17-9-4-1-3-8(7-9)12(10(15)16)5-2-6-12/h1,3-4,7,11H,2,5-6H2,(H,15,16). The zero-order valence-corrected chi connectivity index (χ0v) is 9.84. The van der Waals surface area contributed by atoms with Crippen LogP contribution in [0.25, 0.3) is 0 Å². The maximum Gasteiger partial charge on any atom is 0.314 e. The highest BCUT2D eigenvalue weighted by atomic mass is 32.2. The highest BCUT2D eigenvalue weighted by Crippen LogP contribution is 2.44. The monoisotopic (exact) mass is 258 g/mol. The largest absolute Gasteiger partial charge is 0.481 e. The van der Waals surface area contributed by atoms with Crippen molar-refractivity contribution in [1.29, 1.82) is 0 Å². The normalized spacial score (nSPS) is 17.8. The van der Waals surface area contributed by atoms with Crippen molar-refractivity contribution in [3.05, 3.63) is 29.8 Å². The second kappa shape index (κ2) is 4.64. The molecule has 0 aromatic heterocycles. The van der Waals surface area contributed by atoms with Gasteiger partial charge in [-0.25, -0.2) is 0 Å². The van der Waals surface area contributed by atoms with E-state index in [0.717, 1.165) is 6.42 Å². The molecule has 0 atom stereocenters. The molecule has 1 saturated carbocycles. The molecule has 0 bridgehead atoms. The fourth-order valence-electron chi connectivity index (χ4n) is 2.13. The van der Waals surface area contributed by atoms with Gasteiger partial charge in [0.05, 0.1) is 5.41 Å². The van der Waals surface area contributed by atoms with E-state index in [2.05, 4.69) is 0 Å². The van der Waals surface area contributed by atoms with E-state index in [1.807, 2.05) is 0 Å². The van der Waals surface area contributed by atoms with Crippen LogP contribution >= 0.6 is 11.8 Å². The molecule has 1 aliphatic carbocycles. The summed E-state index contributed by atoms with van der Waals surface area (Å²) < 4.78 is 24.5. The van der Waals surface area contributed by atoms with Gasteiger partial charge in [-0.15, -0.1) is 0 Å². The summed E-state index contributed by atoms with van der Waals surface area (Å²) in [7, 11) is 0. The van der Waals surface area contributed by atoms with E-state index < -0.39 is 17.1 Å². The first-order valence-corrected chi connectivity index (χ1v) is 6.21. The molecular formula is C12H12F2O2S. The Labute approximate surface area is 102 Å². The Morgan fingerprint density at radius 3 is 2.59 bits per heavy atom. The summed E-state index contributed by atoms with van der Waals surface area (Å²) in [5.74, 6) is -3.34. The number of carboxylic acids is 1. The van der Waals surface area contributed by atoms with Gasteiger partial charge in [0.2, 0.25) is 0 Å². The van der Waals surface area contributed by atoms with Gasteiger partial charge in [-0.05, 0) is 30.5 Å². The molecule has 0 unspecified atom stereocenters. The van der Waals surface area contributed by atoms with Gasteiger partial charge in [-0.2, -0.15) is 8.78 Å². The van der Waals surface area contributed by atoms with Crippen LogP contribution in [-0.2, 0) is 10.2 Å². The number of carbonyl (C=O) groups is 1. The number of alkyl halides is 2. The number of rotatable bonds is 4. The summed E-state index contributed by atoms with van der Waals surface area (Å²) in [4.78, 5) is 11.7. The van der Waals surface area contributed by atoms with Crippen molar-refractivity contribution in [3.63, 3.8) is 0 Å². The van der Waals surface area contributed by atoms with Gasteiger partial charge in [-0.3, -0.25) is 4.79 Å². The van der Waals surface area contributed by atoms with Crippen LogP contribution in [0.4, 0.5) is 8.78 Å². The fraction of sp³-hybridized carbons (Fsp3) is 0.417. The van der Waals surface area contributed by atoms with Crippen molar-refractivity contribution in [2.75, 3.05) is 0 Å². The Morgan fingerprint density at radius 2 is 2.12 bits per heavy atom. The molecule has 2 nitrogen and oxygen atoms in total. The molecule has 0 heterocycles. The van der Waals surface area contributed by atoms with Crippen molar-refractivity contribution >= 4 is 17.7 Å². The summed E-state index contributed by atoms with van der Waals surface area (Å²) in [6.45, 7) is 0. The average molecular weight is 258 g/mol. The molecule has 1 N–H and O–H groups in total. The van der Waals surface area contributed by atoms with Crippen LogP contribution in [-0.4, -0.2) is 16.8 Å². The molecule has 92 valence electrons. The fourth-order valence-corrected chi connectivity index (χ4v) is 2.68.